The van der Waals surface area contributed by atoms with E-state index in [2.05, 4.69) is 0 Å². The summed E-state index contributed by atoms with van der Waals surface area (Å²) in [6, 6.07) is 6.54. The van der Waals surface area contributed by atoms with E-state index in [0.717, 1.165) is 0 Å². The normalized spacial score (nSPS) is 25.9. The summed E-state index contributed by atoms with van der Waals surface area (Å²) in [5.41, 5.74) is 0.869. The van der Waals surface area contributed by atoms with E-state index in [-0.39, 0.29) is 24.1 Å². The van der Waals surface area contributed by atoms with Gasteiger partial charge in [-0.25, -0.2) is 8.42 Å². The largest absolute Gasteiger partial charge is 0.481 e. The van der Waals surface area contributed by atoms with Crippen molar-refractivity contribution in [1.82, 2.24) is 4.90 Å². The Morgan fingerprint density at radius 1 is 1.25 bits per heavy atom. The van der Waals surface area contributed by atoms with Crippen molar-refractivity contribution in [2.45, 2.75) is 13.3 Å². The first-order valence-corrected chi connectivity index (χ1v) is 9.53. The summed E-state index contributed by atoms with van der Waals surface area (Å²) in [4.78, 5) is 25.4. The Hall–Kier alpha value is -2.09. The van der Waals surface area contributed by atoms with Crippen LogP contribution < -0.4 is 4.31 Å². The molecule has 0 aromatic heterocycles. The van der Waals surface area contributed by atoms with Crippen LogP contribution in [-0.2, 0) is 14.8 Å². The number of nitrogens with zero attached hydrogens (tertiary/aromatic N) is 2. The lowest BCUT2D eigenvalue weighted by Crippen LogP contribution is -2.30. The van der Waals surface area contributed by atoms with Gasteiger partial charge in [0.05, 0.1) is 17.4 Å². The molecule has 0 bridgehead atoms. The summed E-state index contributed by atoms with van der Waals surface area (Å²) in [5, 5.41) is 9.19. The molecule has 3 rings (SSSR count). The highest BCUT2D eigenvalue weighted by Gasteiger charge is 2.37. The Kier molecular flexibility index (Phi) is 4.25. The number of aliphatic carboxylic acids is 1. The Balaban J connectivity index is 1.82. The van der Waals surface area contributed by atoms with Crippen LogP contribution in [0.25, 0.3) is 0 Å². The van der Waals surface area contributed by atoms with E-state index in [9.17, 15) is 23.1 Å². The van der Waals surface area contributed by atoms with Gasteiger partial charge in [-0.15, -0.1) is 0 Å². The zero-order valence-electron chi connectivity index (χ0n) is 13.4. The maximum Gasteiger partial charge on any atom is 0.308 e. The van der Waals surface area contributed by atoms with Crippen molar-refractivity contribution in [3.8, 4) is 0 Å². The van der Waals surface area contributed by atoms with Gasteiger partial charge in [0.15, 0.2) is 0 Å². The number of hydrogen-bond acceptors (Lipinski definition) is 4. The topological polar surface area (TPSA) is 95.0 Å². The summed E-state index contributed by atoms with van der Waals surface area (Å²) >= 11 is 0. The van der Waals surface area contributed by atoms with E-state index < -0.39 is 21.9 Å². The standard InChI is InChI=1S/C16H20N2O5S/c1-11-9-17(10-14(11)16(20)21)15(19)12-4-2-5-13(8-12)18-6-3-7-24(18,22)23/h2,4-5,8,11,14H,3,6-7,9-10H2,1H3,(H,20,21)/t11-,14-/m1/s1. The molecule has 0 saturated carbocycles. The first kappa shape index (κ1) is 16.8. The molecule has 2 atom stereocenters. The van der Waals surface area contributed by atoms with Gasteiger partial charge in [-0.1, -0.05) is 13.0 Å². The lowest BCUT2D eigenvalue weighted by molar-refractivity contribution is -0.142. The van der Waals surface area contributed by atoms with E-state index in [0.29, 0.717) is 30.8 Å². The number of amides is 1. The van der Waals surface area contributed by atoms with Gasteiger partial charge in [0.25, 0.3) is 5.91 Å². The van der Waals surface area contributed by atoms with Crippen LogP contribution in [0.4, 0.5) is 5.69 Å². The second-order valence-electron chi connectivity index (χ2n) is 6.42. The predicted molar refractivity (Wildman–Crippen MR) is 88.4 cm³/mol. The second-order valence-corrected chi connectivity index (χ2v) is 8.44. The number of carbonyl (C=O) groups is 2. The van der Waals surface area contributed by atoms with Gasteiger partial charge in [-0.2, -0.15) is 0 Å². The first-order valence-electron chi connectivity index (χ1n) is 7.92. The third kappa shape index (κ3) is 2.98. The van der Waals surface area contributed by atoms with Crippen molar-refractivity contribution < 1.29 is 23.1 Å². The van der Waals surface area contributed by atoms with E-state index in [1.54, 1.807) is 24.3 Å². The van der Waals surface area contributed by atoms with E-state index >= 15 is 0 Å². The second kappa shape index (κ2) is 6.08. The van der Waals surface area contributed by atoms with Crippen LogP contribution in [0.5, 0.6) is 0 Å². The summed E-state index contributed by atoms with van der Waals surface area (Å²) in [6.45, 7) is 2.81. The van der Waals surface area contributed by atoms with Gasteiger partial charge < -0.3 is 10.0 Å². The van der Waals surface area contributed by atoms with E-state index in [1.807, 2.05) is 6.92 Å². The number of carbonyl (C=O) groups excluding carboxylic acids is 1. The number of sulfonamides is 1. The van der Waals surface area contributed by atoms with Gasteiger partial charge in [0.2, 0.25) is 10.0 Å². The number of carboxylic acid groups (broad SMARTS) is 1. The zero-order valence-corrected chi connectivity index (χ0v) is 14.2. The lowest BCUT2D eigenvalue weighted by atomic mass is 9.99. The van der Waals surface area contributed by atoms with Gasteiger partial charge in [0.1, 0.15) is 0 Å². The minimum Gasteiger partial charge on any atom is -0.481 e. The summed E-state index contributed by atoms with van der Waals surface area (Å²) in [5.74, 6) is -1.70. The van der Waals surface area contributed by atoms with Crippen LogP contribution in [0.15, 0.2) is 24.3 Å². The van der Waals surface area contributed by atoms with Crippen LogP contribution >= 0.6 is 0 Å². The maximum absolute atomic E-state index is 12.7. The van der Waals surface area contributed by atoms with Crippen molar-refractivity contribution in [1.29, 1.82) is 0 Å². The Bertz CT molecular complexity index is 776. The molecule has 130 valence electrons. The van der Waals surface area contributed by atoms with Crippen molar-refractivity contribution >= 4 is 27.6 Å². The molecule has 2 aliphatic heterocycles. The number of likely N-dealkylation sites (tertiary alicyclic amines) is 1. The molecule has 0 radical (unpaired) electrons. The molecular formula is C16H20N2O5S. The van der Waals surface area contributed by atoms with Crippen LogP contribution in [0.1, 0.15) is 23.7 Å². The molecule has 24 heavy (non-hydrogen) atoms. The fraction of sp³-hybridized carbons (Fsp3) is 0.500. The third-order valence-electron chi connectivity index (χ3n) is 4.70. The average molecular weight is 352 g/mol. The summed E-state index contributed by atoms with van der Waals surface area (Å²) in [7, 11) is -3.30. The molecule has 8 heteroatoms. The molecule has 2 fully saturated rings. The first-order chi connectivity index (χ1) is 11.3. The highest BCUT2D eigenvalue weighted by Crippen LogP contribution is 2.28. The molecule has 1 amide bonds. The minimum atomic E-state index is -3.30. The molecule has 2 aliphatic rings. The highest BCUT2D eigenvalue weighted by molar-refractivity contribution is 7.93. The van der Waals surface area contributed by atoms with Gasteiger partial charge >= 0.3 is 5.97 Å². The Labute approximate surface area is 140 Å². The molecule has 0 unspecified atom stereocenters. The average Bonchev–Trinajstić information content (AvgIpc) is 3.09. The number of hydrogen-bond donors (Lipinski definition) is 1. The zero-order chi connectivity index (χ0) is 17.5. The summed E-state index contributed by atoms with van der Waals surface area (Å²) < 4.78 is 25.4. The molecule has 0 aliphatic carbocycles. The van der Waals surface area contributed by atoms with Crippen LogP contribution in [0.3, 0.4) is 0 Å². The fourth-order valence-electron chi connectivity index (χ4n) is 3.36. The summed E-state index contributed by atoms with van der Waals surface area (Å²) in [6.07, 6.45) is 0.574. The maximum atomic E-state index is 12.7. The van der Waals surface area contributed by atoms with E-state index in [4.69, 9.17) is 0 Å². The Morgan fingerprint density at radius 3 is 2.58 bits per heavy atom. The SMILES string of the molecule is C[C@@H]1CN(C(=O)c2cccc(N3CCCS3(=O)=O)c2)C[C@H]1C(=O)O. The molecule has 2 saturated heterocycles. The minimum absolute atomic E-state index is 0.103. The van der Waals surface area contributed by atoms with Crippen molar-refractivity contribution in [2.24, 2.45) is 11.8 Å². The molecule has 1 aromatic carbocycles. The third-order valence-corrected chi connectivity index (χ3v) is 6.57. The van der Waals surface area contributed by atoms with Crippen LogP contribution in [-0.4, -0.2) is 55.7 Å². The van der Waals surface area contributed by atoms with Crippen molar-refractivity contribution in [3.63, 3.8) is 0 Å². The predicted octanol–water partition coefficient (Wildman–Crippen LogP) is 1.02. The quantitative estimate of drug-likeness (QED) is 0.876. The van der Waals surface area contributed by atoms with Gasteiger partial charge in [0, 0.05) is 25.2 Å². The smallest absolute Gasteiger partial charge is 0.308 e. The lowest BCUT2D eigenvalue weighted by Gasteiger charge is -2.20. The molecule has 1 N–H and O–H groups in total. The number of rotatable bonds is 3. The number of anilines is 1. The highest BCUT2D eigenvalue weighted by atomic mass is 32.2. The van der Waals surface area contributed by atoms with Crippen LogP contribution in [0, 0.1) is 11.8 Å². The number of benzene rings is 1. The van der Waals surface area contributed by atoms with Crippen molar-refractivity contribution in [2.75, 3.05) is 29.7 Å². The van der Waals surface area contributed by atoms with Crippen molar-refractivity contribution in [3.05, 3.63) is 29.8 Å². The monoisotopic (exact) mass is 352 g/mol. The van der Waals surface area contributed by atoms with E-state index in [1.165, 1.54) is 9.21 Å². The molecule has 7 nitrogen and oxygen atoms in total. The molecule has 1 aromatic rings. The molecule has 0 spiro atoms. The number of carboxylic acids is 1. The Morgan fingerprint density at radius 2 is 2.00 bits per heavy atom. The fourth-order valence-corrected chi connectivity index (χ4v) is 4.92. The van der Waals surface area contributed by atoms with Crippen LogP contribution in [0.2, 0.25) is 0 Å². The van der Waals surface area contributed by atoms with Gasteiger partial charge in [-0.3, -0.25) is 13.9 Å². The molecule has 2 heterocycles. The van der Waals surface area contributed by atoms with Gasteiger partial charge in [-0.05, 0) is 30.5 Å². The molecular weight excluding hydrogens is 332 g/mol.